The maximum absolute atomic E-state index is 13.8. The summed E-state index contributed by atoms with van der Waals surface area (Å²) in [6.07, 6.45) is 17.9. The van der Waals surface area contributed by atoms with Crippen molar-refractivity contribution in [1.29, 1.82) is 0 Å². The number of fused-ring (bicyclic) bond motifs is 5. The van der Waals surface area contributed by atoms with E-state index in [1.165, 1.54) is 57.8 Å². The van der Waals surface area contributed by atoms with E-state index in [9.17, 15) is 9.59 Å². The monoisotopic (exact) mass is 450 g/mol. The summed E-state index contributed by atoms with van der Waals surface area (Å²) in [4.78, 5) is 25.8. The Morgan fingerprint density at radius 1 is 0.939 bits per heavy atom. The second-order valence-electron chi connectivity index (χ2n) is 13.9. The predicted octanol–water partition coefficient (Wildman–Crippen LogP) is 4.84. The van der Waals surface area contributed by atoms with Crippen molar-refractivity contribution in [2.24, 2.45) is 58.2 Å². The molecule has 2 amide bonds. The van der Waals surface area contributed by atoms with E-state index in [-0.39, 0.29) is 28.7 Å². The van der Waals surface area contributed by atoms with Crippen LogP contribution in [0, 0.1) is 58.2 Å². The fraction of sp³-hybridized carbons (Fsp3) is 0.862. The van der Waals surface area contributed by atoms with Crippen LogP contribution in [0.2, 0.25) is 0 Å². The summed E-state index contributed by atoms with van der Waals surface area (Å²) in [5.41, 5.74) is 0.237. The highest BCUT2D eigenvalue weighted by Crippen LogP contribution is 2.65. The van der Waals surface area contributed by atoms with E-state index in [0.717, 1.165) is 36.5 Å². The molecule has 8 aliphatic rings. The molecule has 4 heteroatoms. The molecule has 0 saturated heterocycles. The summed E-state index contributed by atoms with van der Waals surface area (Å²) in [5, 5.41) is 6.96. The van der Waals surface area contributed by atoms with Crippen molar-refractivity contribution in [2.45, 2.75) is 96.6 Å². The van der Waals surface area contributed by atoms with Gasteiger partial charge in [-0.05, 0) is 124 Å². The second-order valence-corrected chi connectivity index (χ2v) is 13.9. The second kappa shape index (κ2) is 7.10. The van der Waals surface area contributed by atoms with Crippen LogP contribution in [0.1, 0.15) is 84.5 Å². The van der Waals surface area contributed by atoms with Crippen LogP contribution in [0.15, 0.2) is 12.2 Å². The van der Waals surface area contributed by atoms with Crippen molar-refractivity contribution in [3.63, 3.8) is 0 Å². The van der Waals surface area contributed by atoms with Crippen LogP contribution in [0.3, 0.4) is 0 Å². The van der Waals surface area contributed by atoms with Gasteiger partial charge in [-0.25, -0.2) is 0 Å². The summed E-state index contributed by atoms with van der Waals surface area (Å²) in [7, 11) is 0. The van der Waals surface area contributed by atoms with Crippen LogP contribution < -0.4 is 10.6 Å². The fourth-order valence-electron chi connectivity index (χ4n) is 11.2. The summed E-state index contributed by atoms with van der Waals surface area (Å²) >= 11 is 0. The summed E-state index contributed by atoms with van der Waals surface area (Å²) in [6, 6.07) is 0.757. The van der Waals surface area contributed by atoms with Gasteiger partial charge in [-0.15, -0.1) is 0 Å². The van der Waals surface area contributed by atoms with Gasteiger partial charge in [-0.1, -0.05) is 19.9 Å². The first-order valence-corrected chi connectivity index (χ1v) is 14.2. The number of nitrogens with one attached hydrogen (secondary N) is 2. The highest BCUT2D eigenvalue weighted by atomic mass is 16.2. The van der Waals surface area contributed by atoms with Crippen molar-refractivity contribution in [3.05, 3.63) is 12.2 Å². The molecule has 7 fully saturated rings. The van der Waals surface area contributed by atoms with Gasteiger partial charge in [0.05, 0.1) is 0 Å². The lowest BCUT2D eigenvalue weighted by Gasteiger charge is -2.59. The molecule has 33 heavy (non-hydrogen) atoms. The molecular weight excluding hydrogens is 408 g/mol. The fourth-order valence-corrected chi connectivity index (χ4v) is 11.2. The molecule has 4 bridgehead atoms. The van der Waals surface area contributed by atoms with Crippen molar-refractivity contribution >= 4 is 11.8 Å². The minimum atomic E-state index is 0.0822. The van der Waals surface area contributed by atoms with Crippen molar-refractivity contribution in [2.75, 3.05) is 0 Å². The summed E-state index contributed by atoms with van der Waals surface area (Å²) < 4.78 is 0. The van der Waals surface area contributed by atoms with E-state index >= 15 is 0 Å². The number of hydrogen-bond donors (Lipinski definition) is 2. The Balaban J connectivity index is 1.09. The molecular formula is C29H42N2O2. The van der Waals surface area contributed by atoms with Gasteiger partial charge in [0, 0.05) is 23.4 Å². The van der Waals surface area contributed by atoms with E-state index < -0.39 is 0 Å². The number of hydrogen-bond acceptors (Lipinski definition) is 2. The maximum atomic E-state index is 13.8. The summed E-state index contributed by atoms with van der Waals surface area (Å²) in [5.74, 6) is 6.12. The van der Waals surface area contributed by atoms with Crippen molar-refractivity contribution < 1.29 is 9.59 Å². The average molecular weight is 451 g/mol. The Morgan fingerprint density at radius 3 is 2.39 bits per heavy atom. The predicted molar refractivity (Wildman–Crippen MR) is 128 cm³/mol. The SMILES string of the molecule is C[C@]12CCC3C(CC[C@H]4NC(=O)C=C[C@]34C)C1CC[C@@H]2C(=O)NC1C2CC3CC(C2)CC1C3. The molecule has 180 valence electrons. The van der Waals surface area contributed by atoms with E-state index in [1.54, 1.807) is 6.08 Å². The first-order chi connectivity index (χ1) is 15.8. The number of rotatable bonds is 2. The van der Waals surface area contributed by atoms with Gasteiger partial charge in [-0.3, -0.25) is 9.59 Å². The largest absolute Gasteiger partial charge is 0.353 e. The Morgan fingerprint density at radius 2 is 1.67 bits per heavy atom. The van der Waals surface area contributed by atoms with Crippen LogP contribution in [0.4, 0.5) is 0 Å². The highest BCUT2D eigenvalue weighted by Gasteiger charge is 2.61. The Kier molecular flexibility index (Phi) is 4.52. The van der Waals surface area contributed by atoms with Crippen LogP contribution in [0.5, 0.6) is 0 Å². The normalized spacial score (nSPS) is 56.0. The third-order valence-electron chi connectivity index (χ3n) is 12.5. The van der Waals surface area contributed by atoms with E-state index in [2.05, 4.69) is 30.6 Å². The van der Waals surface area contributed by atoms with Gasteiger partial charge < -0.3 is 10.6 Å². The van der Waals surface area contributed by atoms with Crippen LogP contribution in [-0.2, 0) is 9.59 Å². The molecule has 1 heterocycles. The standard InChI is InChI=1S/C29H42N2O2/c1-28-9-7-22-20(3-6-24-29(22,2)10-8-25(32)30-24)21(28)4-5-23(28)27(33)31-26-18-12-16-11-17(14-18)15-19(26)13-16/h8,10,16-24,26H,3-7,9,11-15H2,1-2H3,(H,30,32)(H,31,33)/t16?,17?,18?,19?,20?,21?,22?,23-,24-,26?,28+,29-/m1/s1. The van der Waals surface area contributed by atoms with Gasteiger partial charge in [0.25, 0.3) is 0 Å². The zero-order valence-electron chi connectivity index (χ0n) is 20.5. The third-order valence-corrected chi connectivity index (χ3v) is 12.5. The van der Waals surface area contributed by atoms with Gasteiger partial charge in [-0.2, -0.15) is 0 Å². The third kappa shape index (κ3) is 2.94. The molecule has 0 radical (unpaired) electrons. The molecule has 3 unspecified atom stereocenters. The van der Waals surface area contributed by atoms with Crippen LogP contribution >= 0.6 is 0 Å². The first kappa shape index (κ1) is 21.0. The number of amides is 2. The number of carbonyl (C=O) groups excluding carboxylic acids is 2. The molecule has 7 saturated carbocycles. The minimum Gasteiger partial charge on any atom is -0.353 e. The molecule has 2 N–H and O–H groups in total. The van der Waals surface area contributed by atoms with Gasteiger partial charge in [0.15, 0.2) is 0 Å². The molecule has 7 atom stereocenters. The topological polar surface area (TPSA) is 58.2 Å². The summed E-state index contributed by atoms with van der Waals surface area (Å²) in [6.45, 7) is 4.85. The molecule has 0 aromatic rings. The Bertz CT molecular complexity index is 868. The molecule has 1 aliphatic heterocycles. The molecule has 0 aromatic heterocycles. The quantitative estimate of drug-likeness (QED) is 0.632. The lowest BCUT2D eigenvalue weighted by Crippen LogP contribution is -2.60. The number of carbonyl (C=O) groups is 2. The molecule has 0 spiro atoms. The molecule has 0 aromatic carbocycles. The lowest BCUT2D eigenvalue weighted by molar-refractivity contribution is -0.137. The zero-order chi connectivity index (χ0) is 22.5. The van der Waals surface area contributed by atoms with Gasteiger partial charge in [0.1, 0.15) is 0 Å². The van der Waals surface area contributed by atoms with Crippen molar-refractivity contribution in [1.82, 2.24) is 10.6 Å². The van der Waals surface area contributed by atoms with Gasteiger partial charge in [0.2, 0.25) is 11.8 Å². The molecule has 8 rings (SSSR count). The maximum Gasteiger partial charge on any atom is 0.243 e. The Labute approximate surface area is 199 Å². The average Bonchev–Trinajstić information content (AvgIpc) is 3.13. The highest BCUT2D eigenvalue weighted by molar-refractivity contribution is 5.89. The van der Waals surface area contributed by atoms with Crippen LogP contribution in [-0.4, -0.2) is 23.9 Å². The molecule has 7 aliphatic carbocycles. The lowest BCUT2D eigenvalue weighted by atomic mass is 9.48. The van der Waals surface area contributed by atoms with E-state index in [0.29, 0.717) is 29.7 Å². The zero-order valence-corrected chi connectivity index (χ0v) is 20.5. The van der Waals surface area contributed by atoms with E-state index in [1.807, 2.05) is 0 Å². The Hall–Kier alpha value is -1.32. The van der Waals surface area contributed by atoms with Gasteiger partial charge >= 0.3 is 0 Å². The van der Waals surface area contributed by atoms with Crippen LogP contribution in [0.25, 0.3) is 0 Å². The first-order valence-electron chi connectivity index (χ1n) is 14.2. The van der Waals surface area contributed by atoms with Crippen molar-refractivity contribution in [3.8, 4) is 0 Å². The minimum absolute atomic E-state index is 0.0822. The molecule has 4 nitrogen and oxygen atoms in total. The smallest absolute Gasteiger partial charge is 0.243 e. The van der Waals surface area contributed by atoms with E-state index in [4.69, 9.17) is 0 Å².